The van der Waals surface area contributed by atoms with Crippen LogP contribution in [0.5, 0.6) is 0 Å². The van der Waals surface area contributed by atoms with Crippen molar-refractivity contribution in [1.82, 2.24) is 19.9 Å². The number of nitrogens with zero attached hydrogens (tertiary/aromatic N) is 2. The summed E-state index contributed by atoms with van der Waals surface area (Å²) in [6, 6.07) is 11.0. The number of aromatic nitrogens is 4. The molecule has 3 aromatic heterocycles. The third-order valence-corrected chi connectivity index (χ3v) is 5.36. The van der Waals surface area contributed by atoms with Crippen molar-refractivity contribution in [3.63, 3.8) is 0 Å². The molecule has 5 heterocycles. The van der Waals surface area contributed by atoms with Gasteiger partial charge in [0.2, 0.25) is 0 Å². The maximum atomic E-state index is 12.8. The highest BCUT2D eigenvalue weighted by atomic mass is 16.5. The van der Waals surface area contributed by atoms with Crippen LogP contribution in [0.1, 0.15) is 57.3 Å². The molecule has 3 aromatic rings. The van der Waals surface area contributed by atoms with Gasteiger partial charge >= 0.3 is 11.9 Å². The van der Waals surface area contributed by atoms with Crippen molar-refractivity contribution in [2.45, 2.75) is 13.8 Å². The SMILES string of the molecule is CCOC(=O)c1c2nc(cc3ccc([nH]3)c(C(=O)OCC)c3nc(cc4ccc1[nH]4)C=C3)C=C2. The number of fused-ring (bicyclic) bond motifs is 8. The highest BCUT2D eigenvalue weighted by Crippen LogP contribution is 2.24. The molecule has 2 aliphatic rings. The standard InChI is InChI=1S/C26H22N4O4/c1-3-33-25(31)23-19-9-5-15(27-19)13-17-7-11-21(29-17)24(26(32)34-4-2)22-12-8-18(30-22)14-16-6-10-20(23)28-16/h5-14,27,30H,3-4H2,1-2H3. The first-order valence-electron chi connectivity index (χ1n) is 11.0. The molecule has 8 heteroatoms. The number of esters is 2. The molecule has 170 valence electrons. The molecule has 0 unspecified atom stereocenters. The Hall–Kier alpha value is -4.46. The number of carbonyl (C=O) groups is 2. The molecule has 0 saturated heterocycles. The second-order valence-corrected chi connectivity index (χ2v) is 7.64. The molecule has 0 aliphatic carbocycles. The fourth-order valence-electron chi connectivity index (χ4n) is 3.91. The van der Waals surface area contributed by atoms with Crippen LogP contribution in [-0.2, 0) is 9.47 Å². The van der Waals surface area contributed by atoms with Crippen LogP contribution < -0.4 is 0 Å². The van der Waals surface area contributed by atoms with E-state index < -0.39 is 11.9 Å². The van der Waals surface area contributed by atoms with Gasteiger partial charge in [-0.25, -0.2) is 19.6 Å². The van der Waals surface area contributed by atoms with Crippen molar-refractivity contribution in [1.29, 1.82) is 0 Å². The van der Waals surface area contributed by atoms with Gasteiger partial charge in [0.05, 0.1) is 47.0 Å². The van der Waals surface area contributed by atoms with E-state index in [2.05, 4.69) is 19.9 Å². The predicted molar refractivity (Wildman–Crippen MR) is 131 cm³/mol. The first kappa shape index (κ1) is 21.4. The molecule has 0 fully saturated rings. The van der Waals surface area contributed by atoms with Gasteiger partial charge in [0.15, 0.2) is 0 Å². The molecule has 2 N–H and O–H groups in total. The molecular formula is C26H22N4O4. The molecule has 0 atom stereocenters. The van der Waals surface area contributed by atoms with Gasteiger partial charge < -0.3 is 19.4 Å². The Morgan fingerprint density at radius 3 is 1.56 bits per heavy atom. The van der Waals surface area contributed by atoms with E-state index in [9.17, 15) is 9.59 Å². The van der Waals surface area contributed by atoms with Crippen LogP contribution in [0, 0.1) is 0 Å². The Morgan fingerprint density at radius 1 is 0.706 bits per heavy atom. The molecule has 0 saturated carbocycles. The lowest BCUT2D eigenvalue weighted by Crippen LogP contribution is -2.07. The summed E-state index contributed by atoms with van der Waals surface area (Å²) in [6.45, 7) is 4.05. The van der Waals surface area contributed by atoms with Crippen LogP contribution in [-0.4, -0.2) is 45.1 Å². The molecule has 0 spiro atoms. The summed E-state index contributed by atoms with van der Waals surface area (Å²) >= 11 is 0. The van der Waals surface area contributed by atoms with Crippen LogP contribution in [0.15, 0.2) is 36.4 Å². The highest BCUT2D eigenvalue weighted by Gasteiger charge is 2.18. The largest absolute Gasteiger partial charge is 0.462 e. The number of carbonyl (C=O) groups excluding carboxylic acids is 2. The monoisotopic (exact) mass is 454 g/mol. The molecule has 8 nitrogen and oxygen atoms in total. The molecule has 2 aliphatic heterocycles. The van der Waals surface area contributed by atoms with E-state index in [4.69, 9.17) is 9.47 Å². The maximum absolute atomic E-state index is 12.8. The number of aromatic amines is 2. The predicted octanol–water partition coefficient (Wildman–Crippen LogP) is 5.01. The summed E-state index contributed by atoms with van der Waals surface area (Å²) in [5.74, 6) is -0.905. The number of nitrogens with one attached hydrogen (secondary N) is 2. The summed E-state index contributed by atoms with van der Waals surface area (Å²) in [4.78, 5) is 41.4. The Balaban J connectivity index is 1.85. The highest BCUT2D eigenvalue weighted by molar-refractivity contribution is 6.03. The summed E-state index contributed by atoms with van der Waals surface area (Å²) < 4.78 is 10.6. The maximum Gasteiger partial charge on any atom is 0.342 e. The van der Waals surface area contributed by atoms with Gasteiger partial charge in [-0.05, 0) is 74.5 Å². The van der Waals surface area contributed by atoms with Crippen LogP contribution in [0.25, 0.3) is 46.4 Å². The Morgan fingerprint density at radius 2 is 1.15 bits per heavy atom. The van der Waals surface area contributed by atoms with Crippen molar-refractivity contribution in [2.75, 3.05) is 13.2 Å². The van der Waals surface area contributed by atoms with Crippen LogP contribution >= 0.6 is 0 Å². The third kappa shape index (κ3) is 4.01. The van der Waals surface area contributed by atoms with Gasteiger partial charge in [-0.2, -0.15) is 0 Å². The van der Waals surface area contributed by atoms with Crippen molar-refractivity contribution in [3.8, 4) is 0 Å². The summed E-state index contributed by atoms with van der Waals surface area (Å²) in [6.07, 6.45) is 7.21. The molecule has 8 bridgehead atoms. The van der Waals surface area contributed by atoms with Gasteiger partial charge in [-0.3, -0.25) is 0 Å². The van der Waals surface area contributed by atoms with E-state index in [-0.39, 0.29) is 13.2 Å². The second kappa shape index (κ2) is 8.82. The number of ether oxygens (including phenoxy) is 2. The third-order valence-electron chi connectivity index (χ3n) is 5.36. The topological polar surface area (TPSA) is 110 Å². The van der Waals surface area contributed by atoms with Crippen LogP contribution in [0.3, 0.4) is 0 Å². The van der Waals surface area contributed by atoms with E-state index in [0.717, 1.165) is 11.0 Å². The van der Waals surface area contributed by atoms with Gasteiger partial charge in [0.1, 0.15) is 11.1 Å². The Bertz CT molecular complexity index is 1410. The molecule has 0 radical (unpaired) electrons. The van der Waals surface area contributed by atoms with Crippen LogP contribution in [0.4, 0.5) is 0 Å². The summed E-state index contributed by atoms with van der Waals surface area (Å²) in [5, 5.41) is 0. The van der Waals surface area contributed by atoms with E-state index in [1.54, 1.807) is 26.0 Å². The fourth-order valence-corrected chi connectivity index (χ4v) is 3.91. The van der Waals surface area contributed by atoms with Crippen molar-refractivity contribution < 1.29 is 19.1 Å². The van der Waals surface area contributed by atoms with Gasteiger partial charge in [-0.1, -0.05) is 0 Å². The fraction of sp³-hybridized carbons (Fsp3) is 0.154. The zero-order chi connectivity index (χ0) is 23.7. The zero-order valence-electron chi connectivity index (χ0n) is 18.7. The lowest BCUT2D eigenvalue weighted by molar-refractivity contribution is 0.0518. The molecule has 0 amide bonds. The summed E-state index contributed by atoms with van der Waals surface area (Å²) in [5.41, 5.74) is 5.70. The minimum absolute atomic E-state index is 0.256. The number of rotatable bonds is 4. The van der Waals surface area contributed by atoms with E-state index in [1.807, 2.05) is 48.6 Å². The van der Waals surface area contributed by atoms with Gasteiger partial charge in [0.25, 0.3) is 0 Å². The van der Waals surface area contributed by atoms with Crippen molar-refractivity contribution >= 4 is 58.3 Å². The smallest absolute Gasteiger partial charge is 0.342 e. The number of H-pyrrole nitrogens is 2. The average Bonchev–Trinajstić information content (AvgIpc) is 3.60. The normalized spacial score (nSPS) is 12.1. The molecule has 5 rings (SSSR count). The second-order valence-electron chi connectivity index (χ2n) is 7.64. The minimum Gasteiger partial charge on any atom is -0.462 e. The van der Waals surface area contributed by atoms with E-state index in [0.29, 0.717) is 44.9 Å². The molecule has 0 aromatic carbocycles. The zero-order valence-corrected chi connectivity index (χ0v) is 18.7. The average molecular weight is 454 g/mol. The van der Waals surface area contributed by atoms with E-state index >= 15 is 0 Å². The first-order valence-corrected chi connectivity index (χ1v) is 11.0. The quantitative estimate of drug-likeness (QED) is 0.370. The number of hydrogen-bond donors (Lipinski definition) is 2. The lowest BCUT2D eigenvalue weighted by atomic mass is 10.2. The van der Waals surface area contributed by atoms with Crippen molar-refractivity contribution in [3.05, 3.63) is 70.3 Å². The Labute approximate surface area is 195 Å². The Kier molecular flexibility index (Phi) is 5.55. The van der Waals surface area contributed by atoms with Crippen LogP contribution in [0.2, 0.25) is 0 Å². The van der Waals surface area contributed by atoms with Gasteiger partial charge in [0, 0.05) is 11.0 Å². The summed E-state index contributed by atoms with van der Waals surface area (Å²) in [7, 11) is 0. The van der Waals surface area contributed by atoms with Gasteiger partial charge in [-0.15, -0.1) is 0 Å². The van der Waals surface area contributed by atoms with Crippen molar-refractivity contribution in [2.24, 2.45) is 0 Å². The minimum atomic E-state index is -0.453. The molecule has 34 heavy (non-hydrogen) atoms. The first-order chi connectivity index (χ1) is 16.6. The lowest BCUT2D eigenvalue weighted by Gasteiger charge is -2.03. The van der Waals surface area contributed by atoms with E-state index in [1.165, 1.54) is 0 Å². The number of hydrogen-bond acceptors (Lipinski definition) is 6. The molecular weight excluding hydrogens is 432 g/mol.